The average molecular weight is 408 g/mol. The molecule has 2 aromatic heterocycles. The predicted octanol–water partition coefficient (Wildman–Crippen LogP) is 4.42. The van der Waals surface area contributed by atoms with E-state index >= 15 is 0 Å². The van der Waals surface area contributed by atoms with Crippen molar-refractivity contribution in [3.8, 4) is 17.1 Å². The summed E-state index contributed by atoms with van der Waals surface area (Å²) in [6.07, 6.45) is 6.94. The fraction of sp³-hybridized carbons (Fsp3) is 0.542. The SMILES string of the molecule is CC(C)(C)C1Cc2cc(OCC3CC3)c(C3CC3)nc2-c2cc(=O)c(C(=O)O)cn21. The number of rotatable bonds is 5. The standard InChI is InChI=1S/C24H28N2O4/c1-24(2,3)20-9-15-8-19(30-12-13-4-5-13)22(14-6-7-14)25-21(15)17-10-18(27)16(23(28)29)11-26(17)20/h8,10-11,13-14,20H,4-7,9,12H2,1-3H3,(H,28,29). The van der Waals surface area contributed by atoms with E-state index in [-0.39, 0.29) is 17.0 Å². The van der Waals surface area contributed by atoms with Gasteiger partial charge in [-0.15, -0.1) is 0 Å². The average Bonchev–Trinajstić information content (AvgIpc) is 3.57. The second-order valence-corrected chi connectivity index (χ2v) is 10.1. The summed E-state index contributed by atoms with van der Waals surface area (Å²) in [4.78, 5) is 29.1. The zero-order valence-electron chi connectivity index (χ0n) is 17.8. The number of carboxylic acids is 1. The van der Waals surface area contributed by atoms with E-state index in [1.165, 1.54) is 25.1 Å². The van der Waals surface area contributed by atoms with Gasteiger partial charge in [0.2, 0.25) is 0 Å². The molecule has 2 aliphatic carbocycles. The molecule has 1 N–H and O–H groups in total. The quantitative estimate of drug-likeness (QED) is 0.792. The summed E-state index contributed by atoms with van der Waals surface area (Å²) >= 11 is 0. The lowest BCUT2D eigenvalue weighted by Crippen LogP contribution is -2.33. The normalized spacial score (nSPS) is 20.4. The van der Waals surface area contributed by atoms with E-state index in [1.807, 2.05) is 4.57 Å². The number of aromatic nitrogens is 2. The van der Waals surface area contributed by atoms with Crippen molar-refractivity contribution in [3.63, 3.8) is 0 Å². The molecule has 2 saturated carbocycles. The molecule has 0 spiro atoms. The lowest BCUT2D eigenvalue weighted by atomic mass is 9.79. The third-order valence-electron chi connectivity index (χ3n) is 6.53. The van der Waals surface area contributed by atoms with E-state index in [0.29, 0.717) is 17.5 Å². The first-order chi connectivity index (χ1) is 14.2. The summed E-state index contributed by atoms with van der Waals surface area (Å²) in [6.45, 7) is 7.17. The van der Waals surface area contributed by atoms with Crippen LogP contribution in [-0.4, -0.2) is 27.2 Å². The summed E-state index contributed by atoms with van der Waals surface area (Å²) in [5.74, 6) is 0.797. The molecule has 0 aromatic carbocycles. The van der Waals surface area contributed by atoms with E-state index < -0.39 is 11.4 Å². The van der Waals surface area contributed by atoms with Crippen molar-refractivity contribution in [2.75, 3.05) is 6.61 Å². The van der Waals surface area contributed by atoms with Gasteiger partial charge in [0, 0.05) is 24.2 Å². The smallest absolute Gasteiger partial charge is 0.341 e. The van der Waals surface area contributed by atoms with Crippen LogP contribution in [0.2, 0.25) is 0 Å². The van der Waals surface area contributed by atoms with Gasteiger partial charge in [-0.05, 0) is 55.1 Å². The van der Waals surface area contributed by atoms with Gasteiger partial charge < -0.3 is 14.4 Å². The van der Waals surface area contributed by atoms with Gasteiger partial charge in [0.05, 0.1) is 23.7 Å². The van der Waals surface area contributed by atoms with Crippen LogP contribution in [0.3, 0.4) is 0 Å². The summed E-state index contributed by atoms with van der Waals surface area (Å²) < 4.78 is 8.16. The molecule has 6 nitrogen and oxygen atoms in total. The van der Waals surface area contributed by atoms with Gasteiger partial charge >= 0.3 is 5.97 Å². The van der Waals surface area contributed by atoms with E-state index in [1.54, 1.807) is 0 Å². The molecule has 2 fully saturated rings. The molecule has 158 valence electrons. The maximum atomic E-state index is 12.5. The van der Waals surface area contributed by atoms with Gasteiger partial charge in [0.25, 0.3) is 0 Å². The highest BCUT2D eigenvalue weighted by Gasteiger charge is 2.37. The Morgan fingerprint density at radius 3 is 2.57 bits per heavy atom. The fourth-order valence-corrected chi connectivity index (χ4v) is 4.37. The number of nitrogens with zero attached hydrogens (tertiary/aromatic N) is 2. The van der Waals surface area contributed by atoms with Crippen LogP contribution in [0, 0.1) is 11.3 Å². The highest BCUT2D eigenvalue weighted by atomic mass is 16.5. The summed E-state index contributed by atoms with van der Waals surface area (Å²) in [5.41, 5.74) is 2.78. The van der Waals surface area contributed by atoms with Crippen molar-refractivity contribution in [2.45, 2.75) is 64.8 Å². The molecular weight excluding hydrogens is 380 g/mol. The maximum absolute atomic E-state index is 12.5. The van der Waals surface area contributed by atoms with Crippen LogP contribution < -0.4 is 10.2 Å². The second kappa shape index (κ2) is 6.69. The van der Waals surface area contributed by atoms with Crippen LogP contribution in [0.25, 0.3) is 11.4 Å². The van der Waals surface area contributed by atoms with Crippen molar-refractivity contribution >= 4 is 5.97 Å². The van der Waals surface area contributed by atoms with Gasteiger partial charge in [-0.25, -0.2) is 9.78 Å². The van der Waals surface area contributed by atoms with Crippen LogP contribution in [-0.2, 0) is 6.42 Å². The highest BCUT2D eigenvalue weighted by Crippen LogP contribution is 2.48. The molecule has 1 atom stereocenters. The molecule has 0 saturated heterocycles. The first-order valence-corrected chi connectivity index (χ1v) is 10.9. The number of fused-ring (bicyclic) bond motifs is 3. The van der Waals surface area contributed by atoms with Crippen molar-refractivity contribution in [2.24, 2.45) is 11.3 Å². The van der Waals surface area contributed by atoms with Gasteiger partial charge in [-0.1, -0.05) is 20.8 Å². The van der Waals surface area contributed by atoms with E-state index in [2.05, 4.69) is 26.8 Å². The molecule has 0 amide bonds. The Labute approximate surface area is 175 Å². The van der Waals surface area contributed by atoms with Crippen LogP contribution in [0.1, 0.15) is 80.0 Å². The largest absolute Gasteiger partial charge is 0.491 e. The first kappa shape index (κ1) is 19.3. The van der Waals surface area contributed by atoms with Crippen molar-refractivity contribution in [3.05, 3.63) is 45.4 Å². The van der Waals surface area contributed by atoms with E-state index in [4.69, 9.17) is 9.72 Å². The zero-order chi connectivity index (χ0) is 21.2. The van der Waals surface area contributed by atoms with Gasteiger partial charge in [0.1, 0.15) is 11.3 Å². The Bertz CT molecular complexity index is 1090. The van der Waals surface area contributed by atoms with Crippen LogP contribution in [0.15, 0.2) is 23.1 Å². The van der Waals surface area contributed by atoms with Gasteiger partial charge in [0.15, 0.2) is 5.43 Å². The van der Waals surface area contributed by atoms with Crippen molar-refractivity contribution in [1.82, 2.24) is 9.55 Å². The number of ether oxygens (including phenoxy) is 1. The minimum Gasteiger partial charge on any atom is -0.491 e. The fourth-order valence-electron chi connectivity index (χ4n) is 4.37. The molecule has 2 aromatic rings. The number of carboxylic acid groups (broad SMARTS) is 1. The van der Waals surface area contributed by atoms with Crippen molar-refractivity contribution < 1.29 is 14.6 Å². The zero-order valence-corrected chi connectivity index (χ0v) is 17.8. The third-order valence-corrected chi connectivity index (χ3v) is 6.53. The van der Waals surface area contributed by atoms with E-state index in [0.717, 1.165) is 48.6 Å². The molecule has 30 heavy (non-hydrogen) atoms. The Balaban J connectivity index is 1.67. The Morgan fingerprint density at radius 1 is 1.23 bits per heavy atom. The number of hydrogen-bond acceptors (Lipinski definition) is 4. The number of pyridine rings is 2. The molecule has 0 bridgehead atoms. The van der Waals surface area contributed by atoms with E-state index in [9.17, 15) is 14.7 Å². The highest BCUT2D eigenvalue weighted by molar-refractivity contribution is 5.87. The molecule has 3 aliphatic rings. The minimum absolute atomic E-state index is 0.0172. The molecule has 1 unspecified atom stereocenters. The van der Waals surface area contributed by atoms with Gasteiger partial charge in [-0.3, -0.25) is 4.79 Å². The lowest BCUT2D eigenvalue weighted by molar-refractivity contribution is 0.0693. The monoisotopic (exact) mass is 408 g/mol. The number of aromatic carboxylic acids is 1. The van der Waals surface area contributed by atoms with Crippen LogP contribution >= 0.6 is 0 Å². The predicted molar refractivity (Wildman–Crippen MR) is 113 cm³/mol. The van der Waals surface area contributed by atoms with Crippen molar-refractivity contribution in [1.29, 1.82) is 0 Å². The summed E-state index contributed by atoms with van der Waals surface area (Å²) in [5, 5.41) is 9.48. The maximum Gasteiger partial charge on any atom is 0.341 e. The Kier molecular flexibility index (Phi) is 4.31. The first-order valence-electron chi connectivity index (χ1n) is 10.9. The second-order valence-electron chi connectivity index (χ2n) is 10.1. The molecule has 5 rings (SSSR count). The minimum atomic E-state index is -1.19. The molecule has 1 aliphatic heterocycles. The topological polar surface area (TPSA) is 81.4 Å². The van der Waals surface area contributed by atoms with Crippen LogP contribution in [0.4, 0.5) is 0 Å². The summed E-state index contributed by atoms with van der Waals surface area (Å²) in [6, 6.07) is 3.61. The third kappa shape index (κ3) is 3.42. The Hall–Kier alpha value is -2.63. The van der Waals surface area contributed by atoms with Crippen LogP contribution in [0.5, 0.6) is 5.75 Å². The molecule has 3 heterocycles. The lowest BCUT2D eigenvalue weighted by Gasteiger charge is -2.38. The van der Waals surface area contributed by atoms with Gasteiger partial charge in [-0.2, -0.15) is 0 Å². The molecule has 6 heteroatoms. The summed E-state index contributed by atoms with van der Waals surface area (Å²) in [7, 11) is 0. The molecular formula is C24H28N2O4. The molecule has 0 radical (unpaired) electrons. The Morgan fingerprint density at radius 2 is 1.97 bits per heavy atom. The number of carbonyl (C=O) groups is 1. The number of hydrogen-bond donors (Lipinski definition) is 1.